The second-order valence-corrected chi connectivity index (χ2v) is 8.11. The molecule has 7 heteroatoms. The van der Waals surface area contributed by atoms with Crippen molar-refractivity contribution in [3.63, 3.8) is 0 Å². The predicted octanol–water partition coefficient (Wildman–Crippen LogP) is 1.19. The van der Waals surface area contributed by atoms with Crippen LogP contribution < -0.4 is 0 Å². The van der Waals surface area contributed by atoms with Gasteiger partial charge in [-0.3, -0.25) is 9.00 Å². The molecule has 0 saturated carbocycles. The third-order valence-corrected chi connectivity index (χ3v) is 4.93. The van der Waals surface area contributed by atoms with E-state index in [2.05, 4.69) is 0 Å². The Labute approximate surface area is 114 Å². The number of hydrogen-bond donors (Lipinski definition) is 0. The molecular formula is C12H15FO4S2. The first-order chi connectivity index (χ1) is 8.78. The monoisotopic (exact) mass is 306 g/mol. The predicted molar refractivity (Wildman–Crippen MR) is 72.9 cm³/mol. The van der Waals surface area contributed by atoms with E-state index in [1.807, 2.05) is 0 Å². The highest BCUT2D eigenvalue weighted by atomic mass is 32.2. The molecule has 4 nitrogen and oxygen atoms in total. The number of ketones is 1. The summed E-state index contributed by atoms with van der Waals surface area (Å²) in [6, 6.07) is 5.12. The van der Waals surface area contributed by atoms with Crippen LogP contribution in [0.5, 0.6) is 0 Å². The molecule has 0 aliphatic rings. The lowest BCUT2D eigenvalue weighted by atomic mass is 10.1. The maximum absolute atomic E-state index is 12.7. The molecule has 0 spiro atoms. The zero-order valence-electron chi connectivity index (χ0n) is 10.5. The van der Waals surface area contributed by atoms with E-state index in [9.17, 15) is 21.8 Å². The molecule has 1 rings (SSSR count). The van der Waals surface area contributed by atoms with Gasteiger partial charge in [-0.1, -0.05) is 0 Å². The van der Waals surface area contributed by atoms with Gasteiger partial charge in [0.05, 0.1) is 5.75 Å². The van der Waals surface area contributed by atoms with Crippen LogP contribution in [-0.4, -0.2) is 41.9 Å². The first kappa shape index (κ1) is 16.0. The molecular weight excluding hydrogens is 291 g/mol. The molecule has 1 aromatic carbocycles. The molecule has 1 atom stereocenters. The summed E-state index contributed by atoms with van der Waals surface area (Å²) in [5.74, 6) is -0.646. The Kier molecular flexibility index (Phi) is 5.81. The summed E-state index contributed by atoms with van der Waals surface area (Å²) >= 11 is 0. The van der Waals surface area contributed by atoms with E-state index in [4.69, 9.17) is 0 Å². The lowest BCUT2D eigenvalue weighted by molar-refractivity contribution is 0.0989. The molecule has 0 bridgehead atoms. The summed E-state index contributed by atoms with van der Waals surface area (Å²) in [5, 5.41) is 0. The maximum atomic E-state index is 12.7. The van der Waals surface area contributed by atoms with E-state index in [0.29, 0.717) is 5.56 Å². The van der Waals surface area contributed by atoms with E-state index in [0.717, 1.165) is 6.26 Å². The number of carbonyl (C=O) groups is 1. The summed E-state index contributed by atoms with van der Waals surface area (Å²) in [6.45, 7) is 0. The van der Waals surface area contributed by atoms with Gasteiger partial charge in [-0.2, -0.15) is 0 Å². The molecule has 0 fully saturated rings. The standard InChI is InChI=1S/C12H15FO4S2/c1-19(16,17)9-8-18(15)7-6-12(14)10-2-4-11(13)5-3-10/h2-5H,6-9H2,1H3. The molecule has 0 aliphatic carbocycles. The summed E-state index contributed by atoms with van der Waals surface area (Å²) < 4.78 is 46.0. The Morgan fingerprint density at radius 3 is 2.32 bits per heavy atom. The minimum absolute atomic E-state index is 0.0372. The van der Waals surface area contributed by atoms with E-state index < -0.39 is 26.5 Å². The van der Waals surface area contributed by atoms with Gasteiger partial charge in [0.15, 0.2) is 5.78 Å². The van der Waals surface area contributed by atoms with Gasteiger partial charge in [0, 0.05) is 40.5 Å². The molecule has 0 saturated heterocycles. The van der Waals surface area contributed by atoms with Crippen molar-refractivity contribution in [1.82, 2.24) is 0 Å². The topological polar surface area (TPSA) is 68.3 Å². The molecule has 19 heavy (non-hydrogen) atoms. The summed E-state index contributed by atoms with van der Waals surface area (Å²) in [4.78, 5) is 11.7. The van der Waals surface area contributed by atoms with Gasteiger partial charge in [-0.25, -0.2) is 12.8 Å². The van der Waals surface area contributed by atoms with Gasteiger partial charge < -0.3 is 0 Å². The molecule has 0 heterocycles. The van der Waals surface area contributed by atoms with Gasteiger partial charge in [0.25, 0.3) is 0 Å². The lowest BCUT2D eigenvalue weighted by Gasteiger charge is -2.02. The van der Waals surface area contributed by atoms with Crippen LogP contribution >= 0.6 is 0 Å². The molecule has 0 radical (unpaired) electrons. The molecule has 106 valence electrons. The number of sulfone groups is 1. The largest absolute Gasteiger partial charge is 0.294 e. The van der Waals surface area contributed by atoms with Gasteiger partial charge >= 0.3 is 0 Å². The van der Waals surface area contributed by atoms with Crippen LogP contribution in [0.2, 0.25) is 0 Å². The normalized spacial score (nSPS) is 13.2. The van der Waals surface area contributed by atoms with E-state index in [1.54, 1.807) is 0 Å². The number of Topliss-reactive ketones (excluding diaryl/α,β-unsaturated/α-hetero) is 1. The van der Waals surface area contributed by atoms with E-state index in [1.165, 1.54) is 24.3 Å². The maximum Gasteiger partial charge on any atom is 0.163 e. The van der Waals surface area contributed by atoms with Crippen molar-refractivity contribution in [2.24, 2.45) is 0 Å². The molecule has 1 aromatic rings. The van der Waals surface area contributed by atoms with Gasteiger partial charge in [0.2, 0.25) is 0 Å². The lowest BCUT2D eigenvalue weighted by Crippen LogP contribution is -2.15. The first-order valence-corrected chi connectivity index (χ1v) is 9.14. The smallest absolute Gasteiger partial charge is 0.163 e. The van der Waals surface area contributed by atoms with Crippen molar-refractivity contribution in [2.75, 3.05) is 23.5 Å². The molecule has 0 aliphatic heterocycles. The highest BCUT2D eigenvalue weighted by Gasteiger charge is 2.10. The number of benzene rings is 1. The van der Waals surface area contributed by atoms with Crippen molar-refractivity contribution in [3.05, 3.63) is 35.6 Å². The van der Waals surface area contributed by atoms with E-state index in [-0.39, 0.29) is 29.5 Å². The van der Waals surface area contributed by atoms with Gasteiger partial charge in [-0.05, 0) is 24.3 Å². The van der Waals surface area contributed by atoms with Crippen LogP contribution in [0.1, 0.15) is 16.8 Å². The van der Waals surface area contributed by atoms with Crippen LogP contribution in [0.3, 0.4) is 0 Å². The molecule has 1 unspecified atom stereocenters. The van der Waals surface area contributed by atoms with E-state index >= 15 is 0 Å². The average Bonchev–Trinajstić information content (AvgIpc) is 2.33. The average molecular weight is 306 g/mol. The third kappa shape index (κ3) is 6.58. The molecule has 0 amide bonds. The zero-order valence-corrected chi connectivity index (χ0v) is 12.1. The number of carbonyl (C=O) groups excluding carboxylic acids is 1. The summed E-state index contributed by atoms with van der Waals surface area (Å²) in [7, 11) is -4.47. The van der Waals surface area contributed by atoms with Crippen molar-refractivity contribution >= 4 is 26.4 Å². The fraction of sp³-hybridized carbons (Fsp3) is 0.417. The van der Waals surface area contributed by atoms with Crippen molar-refractivity contribution in [1.29, 1.82) is 0 Å². The summed E-state index contributed by atoms with van der Waals surface area (Å²) in [5.41, 5.74) is 0.363. The minimum atomic E-state index is -3.13. The van der Waals surface area contributed by atoms with Crippen LogP contribution in [-0.2, 0) is 20.6 Å². The van der Waals surface area contributed by atoms with Crippen LogP contribution in [0.25, 0.3) is 0 Å². The Hall–Kier alpha value is -1.08. The quantitative estimate of drug-likeness (QED) is 0.710. The van der Waals surface area contributed by atoms with Gasteiger partial charge in [0.1, 0.15) is 15.7 Å². The Morgan fingerprint density at radius 2 is 1.79 bits per heavy atom. The second-order valence-electron chi connectivity index (χ2n) is 4.16. The Balaban J connectivity index is 2.42. The molecule has 0 aromatic heterocycles. The third-order valence-electron chi connectivity index (χ3n) is 2.40. The highest BCUT2D eigenvalue weighted by molar-refractivity contribution is 7.92. The highest BCUT2D eigenvalue weighted by Crippen LogP contribution is 2.06. The Morgan fingerprint density at radius 1 is 1.21 bits per heavy atom. The number of rotatable bonds is 7. The zero-order chi connectivity index (χ0) is 14.5. The van der Waals surface area contributed by atoms with Crippen LogP contribution in [0.4, 0.5) is 4.39 Å². The fourth-order valence-corrected chi connectivity index (χ4v) is 3.90. The van der Waals surface area contributed by atoms with Crippen molar-refractivity contribution < 1.29 is 21.8 Å². The first-order valence-electron chi connectivity index (χ1n) is 5.59. The second kappa shape index (κ2) is 6.91. The summed E-state index contributed by atoms with van der Waals surface area (Å²) in [6.07, 6.45) is 1.13. The molecule has 0 N–H and O–H groups in total. The van der Waals surface area contributed by atoms with Crippen LogP contribution in [0, 0.1) is 5.82 Å². The fourth-order valence-electron chi connectivity index (χ4n) is 1.33. The van der Waals surface area contributed by atoms with Crippen molar-refractivity contribution in [2.45, 2.75) is 6.42 Å². The number of hydrogen-bond acceptors (Lipinski definition) is 4. The van der Waals surface area contributed by atoms with Crippen LogP contribution in [0.15, 0.2) is 24.3 Å². The number of halogens is 1. The minimum Gasteiger partial charge on any atom is -0.294 e. The Bertz CT molecular complexity index is 564. The SMILES string of the molecule is CS(=O)(=O)CCS(=O)CCC(=O)c1ccc(F)cc1. The van der Waals surface area contributed by atoms with Crippen molar-refractivity contribution in [3.8, 4) is 0 Å². The van der Waals surface area contributed by atoms with Gasteiger partial charge in [-0.15, -0.1) is 0 Å².